The lowest BCUT2D eigenvalue weighted by molar-refractivity contribution is -0.384. The minimum Gasteiger partial charge on any atom is -0.391 e. The molecular weight excluding hydrogens is 270 g/mol. The molecule has 1 atom stereocenters. The summed E-state index contributed by atoms with van der Waals surface area (Å²) in [4.78, 5) is 14.2. The van der Waals surface area contributed by atoms with Gasteiger partial charge in [0.15, 0.2) is 0 Å². The molecule has 2 N–H and O–H groups in total. The van der Waals surface area contributed by atoms with Gasteiger partial charge in [-0.1, -0.05) is 38.3 Å². The molecule has 0 aliphatic rings. The van der Waals surface area contributed by atoms with Crippen molar-refractivity contribution in [1.82, 2.24) is 4.98 Å². The predicted octanol–water partition coefficient (Wildman–Crippen LogP) is 2.85. The highest BCUT2D eigenvalue weighted by molar-refractivity contribution is 6.29. The zero-order valence-corrected chi connectivity index (χ0v) is 11.7. The van der Waals surface area contributed by atoms with Crippen molar-refractivity contribution in [2.24, 2.45) is 5.92 Å². The van der Waals surface area contributed by atoms with Crippen molar-refractivity contribution < 1.29 is 10.0 Å². The van der Waals surface area contributed by atoms with Crippen LogP contribution in [0.25, 0.3) is 0 Å². The highest BCUT2D eigenvalue weighted by Gasteiger charge is 2.19. The Labute approximate surface area is 117 Å². The van der Waals surface area contributed by atoms with Gasteiger partial charge in [-0.05, 0) is 12.0 Å². The van der Waals surface area contributed by atoms with E-state index in [2.05, 4.69) is 10.3 Å². The fraction of sp³-hybridized carbons (Fsp3) is 0.583. The molecule has 0 bridgehead atoms. The lowest BCUT2D eigenvalue weighted by Gasteiger charge is -2.20. The van der Waals surface area contributed by atoms with Gasteiger partial charge >= 0.3 is 5.69 Å². The van der Waals surface area contributed by atoms with Crippen molar-refractivity contribution in [1.29, 1.82) is 0 Å². The zero-order chi connectivity index (χ0) is 14.4. The molecule has 0 saturated carbocycles. The molecule has 6 nitrogen and oxygen atoms in total. The molecule has 0 spiro atoms. The quantitative estimate of drug-likeness (QED) is 0.457. The highest BCUT2D eigenvalue weighted by atomic mass is 35.5. The van der Waals surface area contributed by atoms with E-state index < -0.39 is 11.0 Å². The van der Waals surface area contributed by atoms with Gasteiger partial charge in [0, 0.05) is 12.6 Å². The van der Waals surface area contributed by atoms with E-state index in [1.165, 1.54) is 12.1 Å². The van der Waals surface area contributed by atoms with Crippen LogP contribution in [0.1, 0.15) is 26.7 Å². The number of hydrogen-bond donors (Lipinski definition) is 2. The van der Waals surface area contributed by atoms with Crippen LogP contribution in [0.5, 0.6) is 0 Å². The van der Waals surface area contributed by atoms with Crippen molar-refractivity contribution in [2.45, 2.75) is 32.8 Å². The van der Waals surface area contributed by atoms with Crippen LogP contribution in [0.15, 0.2) is 12.1 Å². The summed E-state index contributed by atoms with van der Waals surface area (Å²) in [5, 5.41) is 23.8. The largest absolute Gasteiger partial charge is 0.391 e. The van der Waals surface area contributed by atoms with Crippen LogP contribution in [0.2, 0.25) is 5.15 Å². The fourth-order valence-electron chi connectivity index (χ4n) is 1.91. The molecule has 1 aromatic rings. The molecule has 0 aromatic carbocycles. The maximum absolute atomic E-state index is 10.8. The van der Waals surface area contributed by atoms with E-state index in [9.17, 15) is 15.2 Å². The third-order valence-electron chi connectivity index (χ3n) is 3.11. The van der Waals surface area contributed by atoms with E-state index in [1.54, 1.807) is 0 Å². The van der Waals surface area contributed by atoms with Gasteiger partial charge in [-0.3, -0.25) is 10.1 Å². The Morgan fingerprint density at radius 2 is 2.11 bits per heavy atom. The maximum Gasteiger partial charge on any atom is 0.311 e. The second-order valence-electron chi connectivity index (χ2n) is 4.28. The van der Waals surface area contributed by atoms with Crippen molar-refractivity contribution in [3.63, 3.8) is 0 Å². The molecule has 0 amide bonds. The van der Waals surface area contributed by atoms with E-state index in [4.69, 9.17) is 11.6 Å². The first-order chi connectivity index (χ1) is 8.99. The summed E-state index contributed by atoms with van der Waals surface area (Å²) in [6.07, 6.45) is 1.13. The number of pyridine rings is 1. The van der Waals surface area contributed by atoms with E-state index in [0.717, 1.165) is 12.8 Å². The molecule has 1 rings (SSSR count). The van der Waals surface area contributed by atoms with Crippen LogP contribution < -0.4 is 5.32 Å². The van der Waals surface area contributed by atoms with E-state index in [0.29, 0.717) is 0 Å². The molecule has 0 radical (unpaired) electrons. The third-order valence-corrected chi connectivity index (χ3v) is 3.32. The molecule has 0 aliphatic carbocycles. The Morgan fingerprint density at radius 3 is 2.63 bits per heavy atom. The summed E-state index contributed by atoms with van der Waals surface area (Å²) in [6, 6.07) is 2.66. The summed E-state index contributed by atoms with van der Waals surface area (Å²) in [5.74, 6) is 0.244. The van der Waals surface area contributed by atoms with Gasteiger partial charge in [-0.25, -0.2) is 4.98 Å². The van der Waals surface area contributed by atoms with Gasteiger partial charge in [-0.15, -0.1) is 0 Å². The SMILES string of the molecule is CCC(CC)C(O)CNc1nc(Cl)ccc1[N+](=O)[O-]. The number of nitro groups is 1. The Kier molecular flexibility index (Phi) is 5.98. The molecule has 1 heterocycles. The van der Waals surface area contributed by atoms with Gasteiger partial charge < -0.3 is 10.4 Å². The van der Waals surface area contributed by atoms with Gasteiger partial charge in [0.1, 0.15) is 5.15 Å². The predicted molar refractivity (Wildman–Crippen MR) is 74.5 cm³/mol. The van der Waals surface area contributed by atoms with Crippen LogP contribution in [-0.4, -0.2) is 27.7 Å². The van der Waals surface area contributed by atoms with Gasteiger partial charge in [0.2, 0.25) is 5.82 Å². The smallest absolute Gasteiger partial charge is 0.311 e. The molecular formula is C12H18ClN3O3. The molecule has 7 heteroatoms. The Hall–Kier alpha value is -1.40. The van der Waals surface area contributed by atoms with Crippen LogP contribution in [0.4, 0.5) is 11.5 Å². The minimum atomic E-state index is -0.574. The highest BCUT2D eigenvalue weighted by Crippen LogP contribution is 2.24. The van der Waals surface area contributed by atoms with Crippen molar-refractivity contribution in [2.75, 3.05) is 11.9 Å². The van der Waals surface area contributed by atoms with E-state index >= 15 is 0 Å². The lowest BCUT2D eigenvalue weighted by atomic mass is 9.96. The van der Waals surface area contributed by atoms with Crippen LogP contribution >= 0.6 is 11.6 Å². The van der Waals surface area contributed by atoms with Gasteiger partial charge in [0.25, 0.3) is 0 Å². The topological polar surface area (TPSA) is 88.3 Å². The fourth-order valence-corrected chi connectivity index (χ4v) is 2.05. The third kappa shape index (κ3) is 4.33. The number of hydrogen-bond acceptors (Lipinski definition) is 5. The van der Waals surface area contributed by atoms with Crippen molar-refractivity contribution in [3.05, 3.63) is 27.4 Å². The average Bonchev–Trinajstić information content (AvgIpc) is 2.37. The van der Waals surface area contributed by atoms with Crippen LogP contribution in [0.3, 0.4) is 0 Å². The molecule has 1 aromatic heterocycles. The number of nitrogens with one attached hydrogen (secondary N) is 1. The Bertz CT molecular complexity index is 438. The normalized spacial score (nSPS) is 12.5. The summed E-state index contributed by atoms with van der Waals surface area (Å²) >= 11 is 5.72. The number of aliphatic hydroxyl groups excluding tert-OH is 1. The molecule has 106 valence electrons. The number of aromatic nitrogens is 1. The number of nitrogens with zero attached hydrogens (tertiary/aromatic N) is 2. The first-order valence-corrected chi connectivity index (χ1v) is 6.60. The van der Waals surface area contributed by atoms with Crippen molar-refractivity contribution in [3.8, 4) is 0 Å². The van der Waals surface area contributed by atoms with Crippen molar-refractivity contribution >= 4 is 23.1 Å². The monoisotopic (exact) mass is 287 g/mol. The summed E-state index contributed by atoms with van der Waals surface area (Å²) in [5.41, 5.74) is -0.152. The summed E-state index contributed by atoms with van der Waals surface area (Å²) in [7, 11) is 0. The molecule has 1 unspecified atom stereocenters. The second kappa shape index (κ2) is 7.25. The van der Waals surface area contributed by atoms with Gasteiger partial charge in [0.05, 0.1) is 11.0 Å². The second-order valence-corrected chi connectivity index (χ2v) is 4.67. The summed E-state index contributed by atoms with van der Waals surface area (Å²) in [6.45, 7) is 4.20. The zero-order valence-electron chi connectivity index (χ0n) is 11.0. The number of halogens is 1. The van der Waals surface area contributed by atoms with E-state index in [1.807, 2.05) is 13.8 Å². The minimum absolute atomic E-state index is 0.0857. The molecule has 19 heavy (non-hydrogen) atoms. The first kappa shape index (κ1) is 15.7. The van der Waals surface area contributed by atoms with Crippen LogP contribution in [0, 0.1) is 16.0 Å². The molecule has 0 fully saturated rings. The number of anilines is 1. The maximum atomic E-state index is 10.8. The lowest BCUT2D eigenvalue weighted by Crippen LogP contribution is -2.28. The Morgan fingerprint density at radius 1 is 1.47 bits per heavy atom. The summed E-state index contributed by atoms with van der Waals surface area (Å²) < 4.78 is 0. The van der Waals surface area contributed by atoms with Crippen LogP contribution in [-0.2, 0) is 0 Å². The molecule has 0 saturated heterocycles. The van der Waals surface area contributed by atoms with E-state index in [-0.39, 0.29) is 29.1 Å². The molecule has 0 aliphatic heterocycles. The average molecular weight is 288 g/mol. The first-order valence-electron chi connectivity index (χ1n) is 6.22. The standard InChI is InChI=1S/C12H18ClN3O3/c1-3-8(4-2)10(17)7-14-12-9(16(18)19)5-6-11(13)15-12/h5-6,8,10,17H,3-4,7H2,1-2H3,(H,14,15). The number of aliphatic hydroxyl groups is 1. The van der Waals surface area contributed by atoms with Gasteiger partial charge in [-0.2, -0.15) is 0 Å². The Balaban J connectivity index is 2.76. The number of rotatable bonds is 7.